The summed E-state index contributed by atoms with van der Waals surface area (Å²) in [6.45, 7) is 3.67. The number of rotatable bonds is 4. The van der Waals surface area contributed by atoms with Gasteiger partial charge in [-0.15, -0.1) is 0 Å². The summed E-state index contributed by atoms with van der Waals surface area (Å²) in [5.74, 6) is 0. The summed E-state index contributed by atoms with van der Waals surface area (Å²) in [5.41, 5.74) is 6.50. The molecule has 1 atom stereocenters. The molecule has 3 heteroatoms. The topological polar surface area (TPSA) is 35.2 Å². The number of hydrogen-bond acceptors (Lipinski definition) is 3. The van der Waals surface area contributed by atoms with Crippen LogP contribution in [-0.4, -0.2) is 12.5 Å². The van der Waals surface area contributed by atoms with Gasteiger partial charge in [-0.3, -0.25) is 0 Å². The molecule has 0 spiro atoms. The maximum absolute atomic E-state index is 5.77. The second-order valence-electron chi connectivity index (χ2n) is 2.50. The van der Waals surface area contributed by atoms with E-state index in [1.165, 1.54) is 0 Å². The van der Waals surface area contributed by atoms with Gasteiger partial charge in [0.2, 0.25) is 0 Å². The third-order valence-electron chi connectivity index (χ3n) is 1.59. The van der Waals surface area contributed by atoms with Crippen LogP contribution in [0.25, 0.3) is 0 Å². The van der Waals surface area contributed by atoms with Crippen LogP contribution in [0.5, 0.6) is 0 Å². The number of nitrogen functional groups attached to an aromatic ring is 1. The lowest BCUT2D eigenvalue weighted by Gasteiger charge is -2.11. The molecule has 0 fully saturated rings. The summed E-state index contributed by atoms with van der Waals surface area (Å²) in [4.78, 5) is 1.02. The predicted molar refractivity (Wildman–Crippen MR) is 57.7 cm³/mol. The highest BCUT2D eigenvalue weighted by molar-refractivity contribution is 8.00. The number of anilines is 1. The van der Waals surface area contributed by atoms with Gasteiger partial charge in [-0.25, -0.2) is 0 Å². The highest BCUT2D eigenvalue weighted by atomic mass is 32.2. The molecule has 0 heterocycles. The maximum Gasteiger partial charge on any atom is 0.125 e. The van der Waals surface area contributed by atoms with Gasteiger partial charge in [-0.1, -0.05) is 36.5 Å². The average Bonchev–Trinajstić information content (AvgIpc) is 2.17. The zero-order chi connectivity index (χ0) is 9.68. The Morgan fingerprint density at radius 3 is 2.77 bits per heavy atom. The Kier molecular flexibility index (Phi) is 3.86. The highest BCUT2D eigenvalue weighted by Crippen LogP contribution is 2.28. The Bertz CT molecular complexity index is 288. The van der Waals surface area contributed by atoms with Crippen LogP contribution in [0.1, 0.15) is 0 Å². The summed E-state index contributed by atoms with van der Waals surface area (Å²) in [6.07, 6.45) is 1.75. The molecule has 0 saturated heterocycles. The van der Waals surface area contributed by atoms with Crippen molar-refractivity contribution in [1.29, 1.82) is 0 Å². The number of benzene rings is 1. The molecular formula is C10H13NOS. The van der Waals surface area contributed by atoms with E-state index in [0.29, 0.717) is 0 Å². The van der Waals surface area contributed by atoms with E-state index in [0.717, 1.165) is 10.6 Å². The molecule has 13 heavy (non-hydrogen) atoms. The molecule has 0 bridgehead atoms. The quantitative estimate of drug-likeness (QED) is 0.347. The fraction of sp³-hybridized carbons (Fsp3) is 0.200. The van der Waals surface area contributed by atoms with Crippen molar-refractivity contribution in [3.8, 4) is 0 Å². The molecule has 1 aromatic carbocycles. The number of nitrogens with two attached hydrogens (primary N) is 1. The Hall–Kier alpha value is -0.930. The first kappa shape index (κ1) is 10.2. The van der Waals surface area contributed by atoms with E-state index < -0.39 is 0 Å². The first-order chi connectivity index (χ1) is 6.27. The normalized spacial score (nSPS) is 12.4. The van der Waals surface area contributed by atoms with Crippen molar-refractivity contribution in [2.24, 2.45) is 0 Å². The standard InChI is InChI=1S/C10H13NOS/c1-3-10(12-2)13-9-7-5-4-6-8(9)11/h3-7,10H,1,11H2,2H3/t10-/m1/s1. The van der Waals surface area contributed by atoms with Crippen molar-refractivity contribution in [1.82, 2.24) is 0 Å². The van der Waals surface area contributed by atoms with Crippen LogP contribution < -0.4 is 5.73 Å². The number of methoxy groups -OCH3 is 1. The summed E-state index contributed by atoms with van der Waals surface area (Å²) < 4.78 is 5.15. The van der Waals surface area contributed by atoms with Gasteiger partial charge in [0.05, 0.1) is 0 Å². The molecule has 0 unspecified atom stereocenters. The minimum absolute atomic E-state index is 0.0373. The second-order valence-corrected chi connectivity index (χ2v) is 3.64. The van der Waals surface area contributed by atoms with Gasteiger partial charge in [0.1, 0.15) is 5.44 Å². The van der Waals surface area contributed by atoms with Crippen molar-refractivity contribution in [3.05, 3.63) is 36.9 Å². The van der Waals surface area contributed by atoms with E-state index in [2.05, 4.69) is 6.58 Å². The van der Waals surface area contributed by atoms with Crippen molar-refractivity contribution < 1.29 is 4.74 Å². The van der Waals surface area contributed by atoms with Crippen LogP contribution in [-0.2, 0) is 4.74 Å². The van der Waals surface area contributed by atoms with Crippen molar-refractivity contribution in [3.63, 3.8) is 0 Å². The maximum atomic E-state index is 5.77. The Morgan fingerprint density at radius 1 is 1.54 bits per heavy atom. The lowest BCUT2D eigenvalue weighted by molar-refractivity contribution is 0.208. The van der Waals surface area contributed by atoms with Crippen LogP contribution >= 0.6 is 11.8 Å². The smallest absolute Gasteiger partial charge is 0.125 e. The van der Waals surface area contributed by atoms with Crippen molar-refractivity contribution >= 4 is 17.4 Å². The average molecular weight is 195 g/mol. The first-order valence-electron chi connectivity index (χ1n) is 3.94. The van der Waals surface area contributed by atoms with Crippen molar-refractivity contribution in [2.45, 2.75) is 10.3 Å². The van der Waals surface area contributed by atoms with E-state index in [1.807, 2.05) is 24.3 Å². The summed E-state index contributed by atoms with van der Waals surface area (Å²) in [7, 11) is 1.65. The third-order valence-corrected chi connectivity index (χ3v) is 2.83. The summed E-state index contributed by atoms with van der Waals surface area (Å²) >= 11 is 1.55. The molecule has 1 aromatic rings. The number of hydrogen-bond donors (Lipinski definition) is 1. The molecule has 2 N–H and O–H groups in total. The number of ether oxygens (including phenoxy) is 1. The summed E-state index contributed by atoms with van der Waals surface area (Å²) in [6, 6.07) is 7.71. The van der Waals surface area contributed by atoms with Crippen LogP contribution in [0, 0.1) is 0 Å². The monoisotopic (exact) mass is 195 g/mol. The number of thioether (sulfide) groups is 1. The molecule has 2 nitrogen and oxygen atoms in total. The van der Waals surface area contributed by atoms with Gasteiger partial charge in [-0.05, 0) is 12.1 Å². The third kappa shape index (κ3) is 2.79. The lowest BCUT2D eigenvalue weighted by atomic mass is 10.3. The first-order valence-corrected chi connectivity index (χ1v) is 4.82. The van der Waals surface area contributed by atoms with Crippen LogP contribution in [0.15, 0.2) is 41.8 Å². The fourth-order valence-electron chi connectivity index (χ4n) is 0.905. The highest BCUT2D eigenvalue weighted by Gasteiger charge is 2.05. The van der Waals surface area contributed by atoms with Gasteiger partial charge < -0.3 is 10.5 Å². The molecular weight excluding hydrogens is 182 g/mol. The molecule has 0 amide bonds. The molecule has 70 valence electrons. The molecule has 0 aliphatic rings. The minimum atomic E-state index is -0.0373. The molecule has 0 saturated carbocycles. The van der Waals surface area contributed by atoms with E-state index >= 15 is 0 Å². The Balaban J connectivity index is 2.73. The minimum Gasteiger partial charge on any atom is -0.398 e. The number of para-hydroxylation sites is 1. The SMILES string of the molecule is C=C[C@H](OC)Sc1ccccc1N. The molecule has 0 aromatic heterocycles. The van der Waals surface area contributed by atoms with Crippen molar-refractivity contribution in [2.75, 3.05) is 12.8 Å². The lowest BCUT2D eigenvalue weighted by Crippen LogP contribution is -2.00. The van der Waals surface area contributed by atoms with Crippen LogP contribution in [0.2, 0.25) is 0 Å². The Morgan fingerprint density at radius 2 is 2.23 bits per heavy atom. The Labute approximate surface area is 82.8 Å². The van der Waals surface area contributed by atoms with E-state index in [4.69, 9.17) is 10.5 Å². The molecule has 0 radical (unpaired) electrons. The van der Waals surface area contributed by atoms with Gasteiger partial charge in [-0.2, -0.15) is 0 Å². The van der Waals surface area contributed by atoms with E-state index in [1.54, 1.807) is 24.9 Å². The zero-order valence-electron chi connectivity index (χ0n) is 7.57. The van der Waals surface area contributed by atoms with Gasteiger partial charge in [0.25, 0.3) is 0 Å². The van der Waals surface area contributed by atoms with E-state index in [9.17, 15) is 0 Å². The molecule has 0 aliphatic carbocycles. The van der Waals surface area contributed by atoms with Gasteiger partial charge in [0.15, 0.2) is 0 Å². The van der Waals surface area contributed by atoms with Crippen LogP contribution in [0.4, 0.5) is 5.69 Å². The second kappa shape index (κ2) is 4.94. The van der Waals surface area contributed by atoms with E-state index in [-0.39, 0.29) is 5.44 Å². The zero-order valence-corrected chi connectivity index (χ0v) is 8.38. The van der Waals surface area contributed by atoms with Gasteiger partial charge in [0, 0.05) is 17.7 Å². The summed E-state index contributed by atoms with van der Waals surface area (Å²) in [5, 5.41) is 0. The van der Waals surface area contributed by atoms with Gasteiger partial charge >= 0.3 is 0 Å². The van der Waals surface area contributed by atoms with Crippen LogP contribution in [0.3, 0.4) is 0 Å². The molecule has 0 aliphatic heterocycles. The predicted octanol–water partition coefficient (Wildman–Crippen LogP) is 2.52. The largest absolute Gasteiger partial charge is 0.398 e. The fourth-order valence-corrected chi connectivity index (χ4v) is 1.71. The molecule has 1 rings (SSSR count).